The Morgan fingerprint density at radius 2 is 2.11 bits per heavy atom. The fourth-order valence-electron chi connectivity index (χ4n) is 2.85. The Labute approximate surface area is 119 Å². The zero-order chi connectivity index (χ0) is 13.5. The number of carbonyl (C=O) groups is 1. The topological polar surface area (TPSA) is 49.3 Å². The van der Waals surface area contributed by atoms with Gasteiger partial charge in [0.1, 0.15) is 0 Å². The summed E-state index contributed by atoms with van der Waals surface area (Å²) in [6, 6.07) is 4.70. The summed E-state index contributed by atoms with van der Waals surface area (Å²) in [5.74, 6) is -0.706. The van der Waals surface area contributed by atoms with Crippen LogP contribution in [0.15, 0.2) is 17.5 Å². The lowest BCUT2D eigenvalue weighted by Crippen LogP contribution is -2.40. The minimum atomic E-state index is -0.706. The van der Waals surface area contributed by atoms with Gasteiger partial charge in [-0.3, -0.25) is 4.79 Å². The summed E-state index contributed by atoms with van der Waals surface area (Å²) >= 11 is 1.71. The number of carboxylic acid groups (broad SMARTS) is 1. The molecule has 1 aliphatic rings. The van der Waals surface area contributed by atoms with Crippen LogP contribution in [0.2, 0.25) is 0 Å². The molecule has 19 heavy (non-hydrogen) atoms. The molecule has 106 valence electrons. The highest BCUT2D eigenvalue weighted by molar-refractivity contribution is 7.09. The quantitative estimate of drug-likeness (QED) is 0.785. The predicted molar refractivity (Wildman–Crippen MR) is 78.7 cm³/mol. The largest absolute Gasteiger partial charge is 0.481 e. The fourth-order valence-corrected chi connectivity index (χ4v) is 3.64. The molecule has 1 fully saturated rings. The summed E-state index contributed by atoms with van der Waals surface area (Å²) in [5.41, 5.74) is 0. The summed E-state index contributed by atoms with van der Waals surface area (Å²) in [5, 5.41) is 14.7. The van der Waals surface area contributed by atoms with E-state index in [0.717, 1.165) is 6.42 Å². The molecular formula is C15H23NO2S. The highest BCUT2D eigenvalue weighted by Gasteiger charge is 2.19. The van der Waals surface area contributed by atoms with E-state index in [-0.39, 0.29) is 12.5 Å². The molecule has 0 radical (unpaired) electrons. The summed E-state index contributed by atoms with van der Waals surface area (Å²) in [6.07, 6.45) is 8.64. The molecule has 1 atom stereocenters. The first-order valence-electron chi connectivity index (χ1n) is 7.24. The average molecular weight is 281 g/mol. The lowest BCUT2D eigenvalue weighted by Gasteiger charge is -2.23. The molecule has 4 heteroatoms. The monoisotopic (exact) mass is 281 g/mol. The average Bonchev–Trinajstić information content (AvgIpc) is 2.72. The second kappa shape index (κ2) is 7.65. The third-order valence-electron chi connectivity index (χ3n) is 3.78. The van der Waals surface area contributed by atoms with Gasteiger partial charge in [-0.2, -0.15) is 0 Å². The second-order valence-electron chi connectivity index (χ2n) is 5.43. The zero-order valence-corrected chi connectivity index (χ0v) is 12.1. The van der Waals surface area contributed by atoms with Crippen LogP contribution >= 0.6 is 11.3 Å². The fraction of sp³-hybridized carbons (Fsp3) is 0.667. The number of thiophene rings is 1. The van der Waals surface area contributed by atoms with Crippen molar-refractivity contribution < 1.29 is 9.90 Å². The van der Waals surface area contributed by atoms with Gasteiger partial charge in [-0.1, -0.05) is 31.7 Å². The Morgan fingerprint density at radius 1 is 1.37 bits per heavy atom. The van der Waals surface area contributed by atoms with Crippen LogP contribution in [0.5, 0.6) is 0 Å². The van der Waals surface area contributed by atoms with E-state index in [1.807, 2.05) is 6.07 Å². The van der Waals surface area contributed by atoms with E-state index in [2.05, 4.69) is 16.8 Å². The Kier molecular flexibility index (Phi) is 5.86. The van der Waals surface area contributed by atoms with Crippen molar-refractivity contribution in [2.45, 2.75) is 63.5 Å². The van der Waals surface area contributed by atoms with Gasteiger partial charge in [0.15, 0.2) is 0 Å². The van der Waals surface area contributed by atoms with Gasteiger partial charge in [0.05, 0.1) is 6.42 Å². The van der Waals surface area contributed by atoms with E-state index < -0.39 is 5.97 Å². The van der Waals surface area contributed by atoms with Crippen molar-refractivity contribution in [2.24, 2.45) is 0 Å². The normalized spacial score (nSPS) is 18.9. The molecule has 0 aromatic carbocycles. The molecule has 1 aliphatic carbocycles. The van der Waals surface area contributed by atoms with Gasteiger partial charge >= 0.3 is 5.97 Å². The molecular weight excluding hydrogens is 258 g/mol. The van der Waals surface area contributed by atoms with E-state index >= 15 is 0 Å². The number of hydrogen-bond donors (Lipinski definition) is 2. The van der Waals surface area contributed by atoms with Crippen molar-refractivity contribution in [3.63, 3.8) is 0 Å². The Balaban J connectivity index is 1.90. The van der Waals surface area contributed by atoms with Crippen molar-refractivity contribution in [1.82, 2.24) is 5.32 Å². The number of nitrogens with one attached hydrogen (secondary N) is 1. The van der Waals surface area contributed by atoms with Crippen LogP contribution in [0, 0.1) is 0 Å². The number of hydrogen-bond acceptors (Lipinski definition) is 3. The Morgan fingerprint density at radius 3 is 2.68 bits per heavy atom. The molecule has 1 aromatic rings. The summed E-state index contributed by atoms with van der Waals surface area (Å²) in [6.45, 7) is 0. The van der Waals surface area contributed by atoms with E-state index in [9.17, 15) is 4.79 Å². The van der Waals surface area contributed by atoms with Gasteiger partial charge < -0.3 is 10.4 Å². The first kappa shape index (κ1) is 14.5. The minimum Gasteiger partial charge on any atom is -0.481 e. The van der Waals surface area contributed by atoms with Crippen molar-refractivity contribution in [1.29, 1.82) is 0 Å². The Hall–Kier alpha value is -0.870. The molecule has 0 saturated heterocycles. The number of rotatable bonds is 6. The molecule has 0 amide bonds. The predicted octanol–water partition coefficient (Wildman–Crippen LogP) is 3.45. The first-order chi connectivity index (χ1) is 9.24. The SMILES string of the molecule is O=C(O)CC(Cc1cccs1)NC1CCCCCC1. The third-order valence-corrected chi connectivity index (χ3v) is 4.67. The summed E-state index contributed by atoms with van der Waals surface area (Å²) < 4.78 is 0. The van der Waals surface area contributed by atoms with Gasteiger partial charge in [0, 0.05) is 17.0 Å². The maximum Gasteiger partial charge on any atom is 0.304 e. The van der Waals surface area contributed by atoms with Crippen LogP contribution in [0.3, 0.4) is 0 Å². The molecule has 3 nitrogen and oxygen atoms in total. The van der Waals surface area contributed by atoms with E-state index in [1.54, 1.807) is 11.3 Å². The van der Waals surface area contributed by atoms with Gasteiger partial charge in [0.2, 0.25) is 0 Å². The van der Waals surface area contributed by atoms with Crippen LogP contribution in [-0.4, -0.2) is 23.2 Å². The van der Waals surface area contributed by atoms with Gasteiger partial charge in [-0.05, 0) is 30.7 Å². The molecule has 0 aliphatic heterocycles. The molecule has 0 spiro atoms. The lowest BCUT2D eigenvalue weighted by molar-refractivity contribution is -0.137. The van der Waals surface area contributed by atoms with Gasteiger partial charge in [-0.25, -0.2) is 0 Å². The minimum absolute atomic E-state index is 0.0687. The molecule has 1 aromatic heterocycles. The number of carboxylic acids is 1. The van der Waals surface area contributed by atoms with Crippen LogP contribution in [0.25, 0.3) is 0 Å². The van der Waals surface area contributed by atoms with E-state index in [0.29, 0.717) is 6.04 Å². The van der Waals surface area contributed by atoms with Gasteiger partial charge in [0.25, 0.3) is 0 Å². The van der Waals surface area contributed by atoms with E-state index in [4.69, 9.17) is 5.11 Å². The van der Waals surface area contributed by atoms with Gasteiger partial charge in [-0.15, -0.1) is 11.3 Å². The van der Waals surface area contributed by atoms with Crippen LogP contribution in [0.4, 0.5) is 0 Å². The second-order valence-corrected chi connectivity index (χ2v) is 6.47. The highest BCUT2D eigenvalue weighted by Crippen LogP contribution is 2.19. The third kappa shape index (κ3) is 5.33. The lowest BCUT2D eigenvalue weighted by atomic mass is 10.0. The Bertz CT molecular complexity index is 370. The molecule has 1 saturated carbocycles. The maximum atomic E-state index is 11.0. The highest BCUT2D eigenvalue weighted by atomic mass is 32.1. The molecule has 2 N–H and O–H groups in total. The molecule has 1 heterocycles. The van der Waals surface area contributed by atoms with Crippen LogP contribution < -0.4 is 5.32 Å². The van der Waals surface area contributed by atoms with Crippen molar-refractivity contribution in [3.8, 4) is 0 Å². The van der Waals surface area contributed by atoms with Crippen molar-refractivity contribution in [3.05, 3.63) is 22.4 Å². The first-order valence-corrected chi connectivity index (χ1v) is 8.12. The van der Waals surface area contributed by atoms with Crippen LogP contribution in [0.1, 0.15) is 49.8 Å². The van der Waals surface area contributed by atoms with Crippen LogP contribution in [-0.2, 0) is 11.2 Å². The zero-order valence-electron chi connectivity index (χ0n) is 11.3. The maximum absolute atomic E-state index is 11.0. The molecule has 0 bridgehead atoms. The van der Waals surface area contributed by atoms with Crippen molar-refractivity contribution in [2.75, 3.05) is 0 Å². The molecule has 2 rings (SSSR count). The standard InChI is InChI=1S/C15H23NO2S/c17-15(18)11-13(10-14-8-5-9-19-14)16-12-6-3-1-2-4-7-12/h5,8-9,12-13,16H,1-4,6-7,10-11H2,(H,17,18). The van der Waals surface area contributed by atoms with E-state index in [1.165, 1.54) is 43.4 Å². The molecule has 1 unspecified atom stereocenters. The van der Waals surface area contributed by atoms with Crippen molar-refractivity contribution >= 4 is 17.3 Å². The summed E-state index contributed by atoms with van der Waals surface area (Å²) in [7, 11) is 0. The number of aliphatic carboxylic acids is 1. The smallest absolute Gasteiger partial charge is 0.304 e. The summed E-state index contributed by atoms with van der Waals surface area (Å²) in [4.78, 5) is 12.3.